The molecule has 0 aromatic heterocycles. The minimum Gasteiger partial charge on any atom is -0.768 e. The Hall–Kier alpha value is -0.950. The summed E-state index contributed by atoms with van der Waals surface area (Å²) in [6, 6.07) is 1.11. The molecule has 0 fully saturated rings. The molecule has 0 radical (unpaired) electrons. The van der Waals surface area contributed by atoms with E-state index in [2.05, 4.69) is 0 Å². The van der Waals surface area contributed by atoms with E-state index in [-0.39, 0.29) is 6.07 Å². The molecule has 0 heterocycles. The fraction of sp³-hybridized carbons (Fsp3) is 0.143. The maximum atomic E-state index is 12.5. The van der Waals surface area contributed by atoms with Gasteiger partial charge in [-0.2, -0.15) is 13.2 Å². The molecule has 0 saturated heterocycles. The molecule has 7 heteroatoms. The maximum Gasteiger partial charge on any atom is 0.416 e. The molecule has 0 aliphatic heterocycles. The molecule has 0 saturated carbocycles. The zero-order valence-electron chi connectivity index (χ0n) is 6.47. The number of alkyl halides is 3. The second-order valence-corrected chi connectivity index (χ2v) is 3.35. The van der Waals surface area contributed by atoms with Crippen LogP contribution < -0.4 is 0 Å². The van der Waals surface area contributed by atoms with Gasteiger partial charge in [-0.25, -0.2) is 4.39 Å². The number of hydrogen-bond donors (Lipinski definition) is 0. The third-order valence-corrected chi connectivity index (χ3v) is 2.01. The Balaban J connectivity index is 3.28. The van der Waals surface area contributed by atoms with Crippen molar-refractivity contribution in [2.75, 3.05) is 0 Å². The van der Waals surface area contributed by atoms with Crippen LogP contribution in [0.5, 0.6) is 0 Å². The monoisotopic (exact) mass is 227 g/mol. The molecule has 0 N–H and O–H groups in total. The van der Waals surface area contributed by atoms with E-state index in [1.165, 1.54) is 0 Å². The van der Waals surface area contributed by atoms with E-state index in [1.54, 1.807) is 0 Å². The van der Waals surface area contributed by atoms with E-state index in [0.717, 1.165) is 0 Å². The van der Waals surface area contributed by atoms with Crippen molar-refractivity contribution in [3.8, 4) is 0 Å². The molecule has 78 valence electrons. The van der Waals surface area contributed by atoms with Gasteiger partial charge in [0.05, 0.1) is 5.56 Å². The van der Waals surface area contributed by atoms with Gasteiger partial charge in [0.2, 0.25) is 0 Å². The van der Waals surface area contributed by atoms with Gasteiger partial charge in [0.25, 0.3) is 0 Å². The summed E-state index contributed by atoms with van der Waals surface area (Å²) in [6.07, 6.45) is -4.75. The SMILES string of the molecule is O=S([O-])c1cc(F)cc(C(F)(F)F)c1. The molecule has 1 unspecified atom stereocenters. The molecule has 1 rings (SSSR count). The normalized spacial score (nSPS) is 14.1. The van der Waals surface area contributed by atoms with Crippen molar-refractivity contribution in [1.82, 2.24) is 0 Å². The average molecular weight is 227 g/mol. The summed E-state index contributed by atoms with van der Waals surface area (Å²) >= 11 is -2.87. The van der Waals surface area contributed by atoms with Crippen molar-refractivity contribution in [2.45, 2.75) is 11.1 Å². The predicted molar refractivity (Wildman–Crippen MR) is 38.6 cm³/mol. The van der Waals surface area contributed by atoms with Gasteiger partial charge >= 0.3 is 6.18 Å². The van der Waals surface area contributed by atoms with Crippen LogP contribution in [0.4, 0.5) is 17.6 Å². The number of benzene rings is 1. The molecule has 0 bridgehead atoms. The molecule has 1 aromatic carbocycles. The number of halogens is 4. The van der Waals surface area contributed by atoms with E-state index in [1.807, 2.05) is 0 Å². The van der Waals surface area contributed by atoms with E-state index in [4.69, 9.17) is 0 Å². The standard InChI is InChI=1S/C7H4F4O2S/c8-5-1-4(7(9,10)11)2-6(3-5)14(12)13/h1-3H,(H,12,13)/p-1. The highest BCUT2D eigenvalue weighted by atomic mass is 32.2. The highest BCUT2D eigenvalue weighted by molar-refractivity contribution is 7.79. The first-order chi connectivity index (χ1) is 6.30. The van der Waals surface area contributed by atoms with Crippen LogP contribution in [-0.4, -0.2) is 8.76 Å². The highest BCUT2D eigenvalue weighted by Crippen LogP contribution is 2.30. The van der Waals surface area contributed by atoms with Gasteiger partial charge in [-0.05, 0) is 29.3 Å². The summed E-state index contributed by atoms with van der Waals surface area (Å²) in [4.78, 5) is -0.725. The Morgan fingerprint density at radius 3 is 2.21 bits per heavy atom. The highest BCUT2D eigenvalue weighted by Gasteiger charge is 2.31. The fourth-order valence-electron chi connectivity index (χ4n) is 0.823. The van der Waals surface area contributed by atoms with Gasteiger partial charge in [0, 0.05) is 4.90 Å². The van der Waals surface area contributed by atoms with Crippen LogP contribution in [0.15, 0.2) is 23.1 Å². The van der Waals surface area contributed by atoms with Crippen LogP contribution in [0.2, 0.25) is 0 Å². The maximum absolute atomic E-state index is 12.5. The second-order valence-electron chi connectivity index (χ2n) is 2.41. The third-order valence-electron chi connectivity index (χ3n) is 1.39. The Labute approximate surface area is 78.8 Å². The van der Waals surface area contributed by atoms with Gasteiger partial charge in [-0.1, -0.05) is 0 Å². The lowest BCUT2D eigenvalue weighted by Crippen LogP contribution is -2.06. The Bertz CT molecular complexity index is 374. The van der Waals surface area contributed by atoms with Gasteiger partial charge in [-0.3, -0.25) is 4.21 Å². The van der Waals surface area contributed by atoms with Crippen molar-refractivity contribution >= 4 is 11.1 Å². The van der Waals surface area contributed by atoms with Gasteiger partial charge in [0.1, 0.15) is 5.82 Å². The minimum absolute atomic E-state index is 0.232. The van der Waals surface area contributed by atoms with Crippen LogP contribution in [0.1, 0.15) is 5.56 Å². The van der Waals surface area contributed by atoms with Crippen molar-refractivity contribution in [3.05, 3.63) is 29.6 Å². The van der Waals surface area contributed by atoms with Gasteiger partial charge < -0.3 is 4.55 Å². The Morgan fingerprint density at radius 1 is 1.21 bits per heavy atom. The molecular weight excluding hydrogens is 224 g/mol. The summed E-state index contributed by atoms with van der Waals surface area (Å²) in [6.45, 7) is 0. The molecule has 1 aromatic rings. The summed E-state index contributed by atoms with van der Waals surface area (Å²) in [5.74, 6) is -1.24. The summed E-state index contributed by atoms with van der Waals surface area (Å²) in [7, 11) is 0. The zero-order chi connectivity index (χ0) is 10.9. The van der Waals surface area contributed by atoms with Crippen molar-refractivity contribution in [1.29, 1.82) is 0 Å². The molecule has 0 amide bonds. The van der Waals surface area contributed by atoms with E-state index in [0.29, 0.717) is 12.1 Å². The summed E-state index contributed by atoms with van der Waals surface area (Å²) in [5.41, 5.74) is -1.32. The first-order valence-corrected chi connectivity index (χ1v) is 4.35. The molecule has 14 heavy (non-hydrogen) atoms. The minimum atomic E-state index is -4.75. The second kappa shape index (κ2) is 3.66. The first kappa shape index (κ1) is 11.1. The lowest BCUT2D eigenvalue weighted by Gasteiger charge is -2.10. The molecular formula is C7H3F4O2S-. The van der Waals surface area contributed by atoms with Crippen molar-refractivity contribution < 1.29 is 26.3 Å². The topological polar surface area (TPSA) is 40.1 Å². The Kier molecular flexibility index (Phi) is 2.91. The Morgan fingerprint density at radius 2 is 1.79 bits per heavy atom. The smallest absolute Gasteiger partial charge is 0.416 e. The summed E-state index contributed by atoms with van der Waals surface area (Å²) < 4.78 is 69.3. The van der Waals surface area contributed by atoms with Gasteiger partial charge in [-0.15, -0.1) is 0 Å². The van der Waals surface area contributed by atoms with Crippen molar-refractivity contribution in [2.24, 2.45) is 0 Å². The van der Waals surface area contributed by atoms with Gasteiger partial charge in [0.15, 0.2) is 0 Å². The number of hydrogen-bond acceptors (Lipinski definition) is 2. The zero-order valence-corrected chi connectivity index (χ0v) is 7.29. The van der Waals surface area contributed by atoms with E-state index >= 15 is 0 Å². The quantitative estimate of drug-likeness (QED) is 0.544. The van der Waals surface area contributed by atoms with Crippen LogP contribution in [0, 0.1) is 5.82 Å². The largest absolute Gasteiger partial charge is 0.768 e. The lowest BCUT2D eigenvalue weighted by atomic mass is 10.2. The molecule has 0 spiro atoms. The van der Waals surface area contributed by atoms with Crippen LogP contribution in [0.3, 0.4) is 0 Å². The average Bonchev–Trinajstić information content (AvgIpc) is 2.01. The lowest BCUT2D eigenvalue weighted by molar-refractivity contribution is -0.137. The van der Waals surface area contributed by atoms with Crippen LogP contribution >= 0.6 is 0 Å². The van der Waals surface area contributed by atoms with Crippen molar-refractivity contribution in [3.63, 3.8) is 0 Å². The fourth-order valence-corrected chi connectivity index (χ4v) is 1.25. The van der Waals surface area contributed by atoms with Crippen LogP contribution in [0.25, 0.3) is 0 Å². The summed E-state index contributed by atoms with van der Waals surface area (Å²) in [5, 5.41) is 0. The molecule has 0 aliphatic rings. The van der Waals surface area contributed by atoms with Crippen LogP contribution in [-0.2, 0) is 17.3 Å². The predicted octanol–water partition coefficient (Wildman–Crippen LogP) is 2.08. The molecule has 2 nitrogen and oxygen atoms in total. The van der Waals surface area contributed by atoms with E-state index < -0.39 is 33.5 Å². The number of rotatable bonds is 1. The molecule has 1 atom stereocenters. The molecule has 0 aliphatic carbocycles. The van der Waals surface area contributed by atoms with E-state index in [9.17, 15) is 26.3 Å². The third kappa shape index (κ3) is 2.52. The first-order valence-electron chi connectivity index (χ1n) is 3.28.